The lowest BCUT2D eigenvalue weighted by Gasteiger charge is -2.16. The van der Waals surface area contributed by atoms with E-state index in [1.807, 2.05) is 19.1 Å². The number of rotatable bonds is 5. The highest BCUT2D eigenvalue weighted by Crippen LogP contribution is 2.20. The van der Waals surface area contributed by atoms with Crippen LogP contribution in [0, 0.1) is 0 Å². The van der Waals surface area contributed by atoms with Crippen molar-refractivity contribution >= 4 is 34.2 Å². The molecule has 0 saturated heterocycles. The highest BCUT2D eigenvalue weighted by Gasteiger charge is 2.18. The fraction of sp³-hybridized carbons (Fsp3) is 0.190. The maximum absolute atomic E-state index is 12.8. The van der Waals surface area contributed by atoms with E-state index in [9.17, 15) is 14.4 Å². The third kappa shape index (κ3) is 3.77. The molecule has 0 saturated carbocycles. The first-order chi connectivity index (χ1) is 13.3. The van der Waals surface area contributed by atoms with Crippen LogP contribution < -0.4 is 16.6 Å². The zero-order valence-corrected chi connectivity index (χ0v) is 16.2. The average Bonchev–Trinajstić information content (AvgIpc) is 2.67. The van der Waals surface area contributed by atoms with Crippen molar-refractivity contribution < 1.29 is 9.59 Å². The van der Waals surface area contributed by atoms with Crippen molar-refractivity contribution in [2.24, 2.45) is 5.73 Å². The van der Waals surface area contributed by atoms with E-state index in [2.05, 4.69) is 5.32 Å². The number of pyridine rings is 1. The Morgan fingerprint density at radius 3 is 2.36 bits per heavy atom. The van der Waals surface area contributed by atoms with Crippen molar-refractivity contribution in [3.63, 3.8) is 0 Å². The van der Waals surface area contributed by atoms with E-state index in [1.54, 1.807) is 43.3 Å². The normalized spacial score (nSPS) is 13.1. The lowest BCUT2D eigenvalue weighted by molar-refractivity contribution is -0.120. The molecule has 3 rings (SSSR count). The van der Waals surface area contributed by atoms with E-state index in [-0.39, 0.29) is 17.5 Å². The minimum atomic E-state index is -0.778. The largest absolute Gasteiger partial charge is 0.368 e. The lowest BCUT2D eigenvalue weighted by atomic mass is 10.0. The number of aromatic nitrogens is 1. The second-order valence-electron chi connectivity index (χ2n) is 6.62. The summed E-state index contributed by atoms with van der Waals surface area (Å²) in [6.45, 7) is 3.42. The standard InChI is InChI=1S/C21H20ClN3O3/c1-12(14-6-8-15(22)9-7-14)24-20(27)17-4-3-5-18-16(17)10-11-25(21(18)28)13(2)19(23)26/h3-13H,1-2H3,(H2,23,26)(H,24,27)/t12-,13+/m1/s1. The first-order valence-corrected chi connectivity index (χ1v) is 9.17. The molecule has 0 spiro atoms. The van der Waals surface area contributed by atoms with Gasteiger partial charge < -0.3 is 15.6 Å². The van der Waals surface area contributed by atoms with E-state index >= 15 is 0 Å². The van der Waals surface area contributed by atoms with Crippen LogP contribution in [0.3, 0.4) is 0 Å². The Kier molecular flexibility index (Phi) is 5.51. The molecule has 2 amide bonds. The summed E-state index contributed by atoms with van der Waals surface area (Å²) in [7, 11) is 0. The number of hydrogen-bond donors (Lipinski definition) is 2. The van der Waals surface area contributed by atoms with Gasteiger partial charge in [-0.3, -0.25) is 14.4 Å². The van der Waals surface area contributed by atoms with E-state index < -0.39 is 11.9 Å². The predicted octanol–water partition coefficient (Wildman–Crippen LogP) is 3.19. The van der Waals surface area contributed by atoms with E-state index in [1.165, 1.54) is 10.8 Å². The number of nitrogens with one attached hydrogen (secondary N) is 1. The van der Waals surface area contributed by atoms with Crippen molar-refractivity contribution in [1.82, 2.24) is 9.88 Å². The number of halogens is 1. The van der Waals surface area contributed by atoms with Gasteiger partial charge in [0.15, 0.2) is 0 Å². The fourth-order valence-electron chi connectivity index (χ4n) is 3.04. The van der Waals surface area contributed by atoms with Crippen LogP contribution in [-0.2, 0) is 4.79 Å². The molecule has 1 aromatic heterocycles. The predicted molar refractivity (Wildman–Crippen MR) is 109 cm³/mol. The Morgan fingerprint density at radius 2 is 1.71 bits per heavy atom. The van der Waals surface area contributed by atoms with Gasteiger partial charge in [0.1, 0.15) is 6.04 Å². The number of fused-ring (bicyclic) bond motifs is 1. The number of nitrogens with zero attached hydrogens (tertiary/aromatic N) is 1. The molecule has 1 heterocycles. The van der Waals surface area contributed by atoms with Crippen molar-refractivity contribution in [1.29, 1.82) is 0 Å². The summed E-state index contributed by atoms with van der Waals surface area (Å²) in [6, 6.07) is 12.8. The van der Waals surface area contributed by atoms with Crippen molar-refractivity contribution in [2.45, 2.75) is 25.9 Å². The second-order valence-corrected chi connectivity index (χ2v) is 7.06. The van der Waals surface area contributed by atoms with E-state index in [4.69, 9.17) is 17.3 Å². The molecule has 2 atom stereocenters. The zero-order valence-electron chi connectivity index (χ0n) is 15.5. The molecule has 0 bridgehead atoms. The smallest absolute Gasteiger partial charge is 0.259 e. The monoisotopic (exact) mass is 397 g/mol. The molecule has 0 fully saturated rings. The minimum Gasteiger partial charge on any atom is -0.368 e. The van der Waals surface area contributed by atoms with Crippen molar-refractivity contribution in [3.05, 3.63) is 81.2 Å². The molecule has 0 radical (unpaired) electrons. The van der Waals surface area contributed by atoms with Crippen LogP contribution >= 0.6 is 11.6 Å². The van der Waals surface area contributed by atoms with Crippen LogP contribution in [-0.4, -0.2) is 16.4 Å². The number of carbonyl (C=O) groups excluding carboxylic acids is 2. The molecular formula is C21H20ClN3O3. The van der Waals surface area contributed by atoms with Gasteiger partial charge in [-0.1, -0.05) is 29.8 Å². The second kappa shape index (κ2) is 7.86. The Morgan fingerprint density at radius 1 is 1.04 bits per heavy atom. The molecule has 2 aromatic carbocycles. The van der Waals surface area contributed by atoms with Crippen LogP contribution in [0.5, 0.6) is 0 Å². The van der Waals surface area contributed by atoms with Crippen molar-refractivity contribution in [2.75, 3.05) is 0 Å². The van der Waals surface area contributed by atoms with Crippen LogP contribution in [0.25, 0.3) is 10.8 Å². The zero-order chi connectivity index (χ0) is 20.4. The number of benzene rings is 2. The molecule has 28 heavy (non-hydrogen) atoms. The minimum absolute atomic E-state index is 0.240. The number of primary amides is 1. The highest BCUT2D eigenvalue weighted by molar-refractivity contribution is 6.30. The van der Waals surface area contributed by atoms with Gasteiger partial charge in [0.05, 0.1) is 6.04 Å². The van der Waals surface area contributed by atoms with Crippen LogP contribution in [0.4, 0.5) is 0 Å². The molecule has 7 heteroatoms. The molecule has 0 aliphatic carbocycles. The number of hydrogen-bond acceptors (Lipinski definition) is 3. The molecule has 0 aliphatic heterocycles. The molecular weight excluding hydrogens is 378 g/mol. The Hall–Kier alpha value is -3.12. The first-order valence-electron chi connectivity index (χ1n) is 8.79. The van der Waals surface area contributed by atoms with Gasteiger partial charge in [-0.15, -0.1) is 0 Å². The molecule has 144 valence electrons. The van der Waals surface area contributed by atoms with Gasteiger partial charge in [0, 0.05) is 27.6 Å². The first kappa shape index (κ1) is 19.6. The van der Waals surface area contributed by atoms with Gasteiger partial charge in [-0.05, 0) is 49.7 Å². The Labute approximate surface area is 166 Å². The molecule has 6 nitrogen and oxygen atoms in total. The summed E-state index contributed by atoms with van der Waals surface area (Å²) >= 11 is 5.90. The quantitative estimate of drug-likeness (QED) is 0.692. The van der Waals surface area contributed by atoms with Gasteiger partial charge >= 0.3 is 0 Å². The molecule has 0 aliphatic rings. The van der Waals surface area contributed by atoms with Crippen molar-refractivity contribution in [3.8, 4) is 0 Å². The van der Waals surface area contributed by atoms with Crippen LogP contribution in [0.15, 0.2) is 59.5 Å². The average molecular weight is 398 g/mol. The summed E-state index contributed by atoms with van der Waals surface area (Å²) in [4.78, 5) is 37.0. The maximum Gasteiger partial charge on any atom is 0.259 e. The summed E-state index contributed by atoms with van der Waals surface area (Å²) in [5.41, 5.74) is 6.23. The lowest BCUT2D eigenvalue weighted by Crippen LogP contribution is -2.32. The van der Waals surface area contributed by atoms with E-state index in [0.717, 1.165) is 5.56 Å². The molecule has 3 aromatic rings. The summed E-state index contributed by atoms with van der Waals surface area (Å²) in [5.74, 6) is -0.903. The highest BCUT2D eigenvalue weighted by atomic mass is 35.5. The summed E-state index contributed by atoms with van der Waals surface area (Å²) < 4.78 is 1.27. The SMILES string of the molecule is C[C@@H](NC(=O)c1cccc2c(=O)n([C@@H](C)C(N)=O)ccc12)c1ccc(Cl)cc1. The Bertz CT molecular complexity index is 1110. The summed E-state index contributed by atoms with van der Waals surface area (Å²) in [5, 5.41) is 4.42. The van der Waals surface area contributed by atoms with E-state index in [0.29, 0.717) is 21.4 Å². The summed E-state index contributed by atoms with van der Waals surface area (Å²) in [6.07, 6.45) is 1.49. The Balaban J connectivity index is 1.95. The number of nitrogens with two attached hydrogens (primary N) is 1. The van der Waals surface area contributed by atoms with Gasteiger partial charge in [0.2, 0.25) is 5.91 Å². The van der Waals surface area contributed by atoms with Crippen LogP contribution in [0.2, 0.25) is 5.02 Å². The third-order valence-corrected chi connectivity index (χ3v) is 5.02. The fourth-order valence-corrected chi connectivity index (χ4v) is 3.17. The van der Waals surface area contributed by atoms with Gasteiger partial charge in [-0.25, -0.2) is 0 Å². The topological polar surface area (TPSA) is 94.2 Å². The molecule has 3 N–H and O–H groups in total. The van der Waals surface area contributed by atoms with Gasteiger partial charge in [-0.2, -0.15) is 0 Å². The van der Waals surface area contributed by atoms with Crippen LogP contribution in [0.1, 0.15) is 41.9 Å². The molecule has 0 unspecified atom stereocenters. The number of carbonyl (C=O) groups is 2. The maximum atomic E-state index is 12.8. The third-order valence-electron chi connectivity index (χ3n) is 4.76. The number of amides is 2. The van der Waals surface area contributed by atoms with Gasteiger partial charge in [0.25, 0.3) is 11.5 Å².